The van der Waals surface area contributed by atoms with E-state index in [9.17, 15) is 9.59 Å². The molecule has 6 nitrogen and oxygen atoms in total. The molecule has 6 heteroatoms. The highest BCUT2D eigenvalue weighted by Gasteiger charge is 2.21. The van der Waals surface area contributed by atoms with Crippen molar-refractivity contribution in [1.29, 1.82) is 0 Å². The first-order chi connectivity index (χ1) is 15.2. The largest absolute Gasteiger partial charge is 0.339 e. The Balaban J connectivity index is 1.28. The molecule has 2 heterocycles. The van der Waals surface area contributed by atoms with Gasteiger partial charge < -0.3 is 4.90 Å². The van der Waals surface area contributed by atoms with Gasteiger partial charge in [-0.15, -0.1) is 0 Å². The van der Waals surface area contributed by atoms with Crippen LogP contribution in [0.4, 0.5) is 0 Å². The smallest absolute Gasteiger partial charge is 0.254 e. The lowest BCUT2D eigenvalue weighted by Crippen LogP contribution is -2.49. The van der Waals surface area contributed by atoms with E-state index >= 15 is 0 Å². The van der Waals surface area contributed by atoms with Crippen molar-refractivity contribution >= 4 is 12.0 Å². The Hall–Kier alpha value is -3.51. The Morgan fingerprint density at radius 1 is 0.935 bits per heavy atom. The molecule has 0 spiro atoms. The van der Waals surface area contributed by atoms with E-state index in [2.05, 4.69) is 34.2 Å². The van der Waals surface area contributed by atoms with Crippen LogP contribution in [0.15, 0.2) is 83.9 Å². The van der Waals surface area contributed by atoms with Gasteiger partial charge in [0.05, 0.1) is 12.0 Å². The van der Waals surface area contributed by atoms with E-state index in [1.807, 2.05) is 53.4 Å². The molecule has 0 unspecified atom stereocenters. The molecule has 3 aromatic rings. The SMILES string of the molecule is O=C(Cn1cnc(-c2ccccc2)cc1=O)N1CCN(C/C=C/c2ccccc2)CC1. The van der Waals surface area contributed by atoms with Crippen LogP contribution < -0.4 is 5.56 Å². The standard InChI is InChI=1S/C25H26N4O2/c30-24-18-23(22-11-5-2-6-12-22)26-20-29(24)19-25(31)28-16-14-27(15-17-28)13-7-10-21-8-3-1-4-9-21/h1-12,18,20H,13-17,19H2/b10-7+. The van der Waals surface area contributed by atoms with Gasteiger partial charge in [-0.2, -0.15) is 0 Å². The second-order valence-electron chi connectivity index (χ2n) is 7.60. The second kappa shape index (κ2) is 10.00. The van der Waals surface area contributed by atoms with Gasteiger partial charge in [-0.25, -0.2) is 4.98 Å². The number of benzene rings is 2. The van der Waals surface area contributed by atoms with Crippen molar-refractivity contribution in [3.63, 3.8) is 0 Å². The predicted octanol–water partition coefficient (Wildman–Crippen LogP) is 2.77. The molecular weight excluding hydrogens is 388 g/mol. The Morgan fingerprint density at radius 3 is 2.29 bits per heavy atom. The van der Waals surface area contributed by atoms with Crippen LogP contribution in [0.1, 0.15) is 5.56 Å². The van der Waals surface area contributed by atoms with Crippen molar-refractivity contribution in [2.45, 2.75) is 6.54 Å². The summed E-state index contributed by atoms with van der Waals surface area (Å²) >= 11 is 0. The highest BCUT2D eigenvalue weighted by Crippen LogP contribution is 2.13. The highest BCUT2D eigenvalue weighted by molar-refractivity contribution is 5.76. The molecule has 1 amide bonds. The number of piperazine rings is 1. The molecular formula is C25H26N4O2. The number of carbonyl (C=O) groups excluding carboxylic acids is 1. The number of rotatable bonds is 6. The lowest BCUT2D eigenvalue weighted by Gasteiger charge is -2.34. The van der Waals surface area contributed by atoms with Gasteiger partial charge in [0.2, 0.25) is 5.91 Å². The summed E-state index contributed by atoms with van der Waals surface area (Å²) in [6.45, 7) is 3.87. The molecule has 0 bridgehead atoms. The molecule has 158 valence electrons. The Bertz CT molecular complexity index is 1090. The van der Waals surface area contributed by atoms with Crippen LogP contribution in [0, 0.1) is 0 Å². The summed E-state index contributed by atoms with van der Waals surface area (Å²) in [6.07, 6.45) is 5.75. The normalized spacial score (nSPS) is 14.8. The van der Waals surface area contributed by atoms with E-state index in [0.717, 1.165) is 25.2 Å². The second-order valence-corrected chi connectivity index (χ2v) is 7.60. The molecule has 0 N–H and O–H groups in total. The van der Waals surface area contributed by atoms with Gasteiger partial charge in [0.1, 0.15) is 6.54 Å². The average molecular weight is 415 g/mol. The van der Waals surface area contributed by atoms with E-state index < -0.39 is 0 Å². The van der Waals surface area contributed by atoms with E-state index in [-0.39, 0.29) is 18.0 Å². The molecule has 4 rings (SSSR count). The summed E-state index contributed by atoms with van der Waals surface area (Å²) in [7, 11) is 0. The van der Waals surface area contributed by atoms with Crippen LogP contribution in [-0.2, 0) is 11.3 Å². The maximum atomic E-state index is 12.7. The first-order valence-corrected chi connectivity index (χ1v) is 10.5. The molecule has 1 aromatic heterocycles. The highest BCUT2D eigenvalue weighted by atomic mass is 16.2. The van der Waals surface area contributed by atoms with E-state index in [1.165, 1.54) is 22.5 Å². The minimum absolute atomic E-state index is 0.0226. The molecule has 0 radical (unpaired) electrons. The predicted molar refractivity (Wildman–Crippen MR) is 122 cm³/mol. The van der Waals surface area contributed by atoms with E-state index in [4.69, 9.17) is 0 Å². The average Bonchev–Trinajstić information content (AvgIpc) is 2.82. The Morgan fingerprint density at radius 2 is 1.61 bits per heavy atom. The molecule has 2 aromatic carbocycles. The fourth-order valence-corrected chi connectivity index (χ4v) is 3.64. The monoisotopic (exact) mass is 414 g/mol. The van der Waals surface area contributed by atoms with Crippen LogP contribution in [0.25, 0.3) is 17.3 Å². The van der Waals surface area contributed by atoms with Gasteiger partial charge in [0.25, 0.3) is 5.56 Å². The number of aromatic nitrogens is 2. The molecule has 0 saturated carbocycles. The fraction of sp³-hybridized carbons (Fsp3) is 0.240. The number of carbonyl (C=O) groups is 1. The minimum Gasteiger partial charge on any atom is -0.339 e. The van der Waals surface area contributed by atoms with Crippen molar-refractivity contribution in [1.82, 2.24) is 19.4 Å². The van der Waals surface area contributed by atoms with Gasteiger partial charge in [-0.3, -0.25) is 19.1 Å². The fourth-order valence-electron chi connectivity index (χ4n) is 3.64. The van der Waals surface area contributed by atoms with Crippen LogP contribution in [0.5, 0.6) is 0 Å². The van der Waals surface area contributed by atoms with Gasteiger partial charge in [0.15, 0.2) is 0 Å². The maximum absolute atomic E-state index is 12.7. The summed E-state index contributed by atoms with van der Waals surface area (Å²) in [5, 5.41) is 0. The molecule has 31 heavy (non-hydrogen) atoms. The van der Waals surface area contributed by atoms with E-state index in [1.54, 1.807) is 0 Å². The summed E-state index contributed by atoms with van der Waals surface area (Å²) in [6, 6.07) is 21.3. The molecule has 0 aliphatic carbocycles. The maximum Gasteiger partial charge on any atom is 0.254 e. The molecule has 1 aliphatic heterocycles. The van der Waals surface area contributed by atoms with Gasteiger partial charge in [-0.05, 0) is 5.56 Å². The molecule has 0 atom stereocenters. The third-order valence-corrected chi connectivity index (χ3v) is 5.45. The number of hydrogen-bond donors (Lipinski definition) is 0. The minimum atomic E-state index is -0.216. The summed E-state index contributed by atoms with van der Waals surface area (Å²) in [5.41, 5.74) is 2.47. The summed E-state index contributed by atoms with van der Waals surface area (Å²) in [5.74, 6) is -0.0455. The first-order valence-electron chi connectivity index (χ1n) is 10.5. The number of amides is 1. The van der Waals surface area contributed by atoms with Crippen molar-refractivity contribution < 1.29 is 4.79 Å². The first kappa shape index (κ1) is 20.8. The molecule has 1 fully saturated rings. The van der Waals surface area contributed by atoms with Gasteiger partial charge in [0, 0.05) is 44.4 Å². The third kappa shape index (κ3) is 5.55. The molecule has 1 aliphatic rings. The molecule has 1 saturated heterocycles. The van der Waals surface area contributed by atoms with Crippen LogP contribution in [-0.4, -0.2) is 58.0 Å². The summed E-state index contributed by atoms with van der Waals surface area (Å²) < 4.78 is 1.38. The lowest BCUT2D eigenvalue weighted by molar-refractivity contribution is -0.133. The quantitative estimate of drug-likeness (QED) is 0.622. The van der Waals surface area contributed by atoms with Crippen LogP contribution in [0.2, 0.25) is 0 Å². The van der Waals surface area contributed by atoms with Crippen LogP contribution >= 0.6 is 0 Å². The summed E-state index contributed by atoms with van der Waals surface area (Å²) in [4.78, 5) is 33.6. The third-order valence-electron chi connectivity index (χ3n) is 5.45. The van der Waals surface area contributed by atoms with Crippen molar-refractivity contribution in [3.8, 4) is 11.3 Å². The van der Waals surface area contributed by atoms with E-state index in [0.29, 0.717) is 18.8 Å². The number of hydrogen-bond acceptors (Lipinski definition) is 4. The Labute approximate surface area is 182 Å². The van der Waals surface area contributed by atoms with Crippen LogP contribution in [0.3, 0.4) is 0 Å². The topological polar surface area (TPSA) is 58.4 Å². The van der Waals surface area contributed by atoms with Crippen molar-refractivity contribution in [3.05, 3.63) is 95.1 Å². The number of nitrogens with zero attached hydrogens (tertiary/aromatic N) is 4. The van der Waals surface area contributed by atoms with Crippen molar-refractivity contribution in [2.24, 2.45) is 0 Å². The Kier molecular flexibility index (Phi) is 6.69. The lowest BCUT2D eigenvalue weighted by atomic mass is 10.1. The van der Waals surface area contributed by atoms with Crippen molar-refractivity contribution in [2.75, 3.05) is 32.7 Å². The zero-order valence-electron chi connectivity index (χ0n) is 17.4. The van der Waals surface area contributed by atoms with Gasteiger partial charge in [-0.1, -0.05) is 72.8 Å². The van der Waals surface area contributed by atoms with Gasteiger partial charge >= 0.3 is 0 Å². The zero-order chi connectivity index (χ0) is 21.5. The zero-order valence-corrected chi connectivity index (χ0v) is 17.4.